The number of allylic oxidation sites excluding steroid dienone is 1. The first kappa shape index (κ1) is 21.4. The Bertz CT molecular complexity index is 553. The topological polar surface area (TPSA) is 62.5 Å². The molecule has 1 saturated carbocycles. The monoisotopic (exact) mass is 346 g/mol. The van der Waals surface area contributed by atoms with E-state index in [1.165, 1.54) is 19.3 Å². The molecule has 0 aromatic heterocycles. The summed E-state index contributed by atoms with van der Waals surface area (Å²) in [5.41, 5.74) is 2.21. The van der Waals surface area contributed by atoms with Crippen molar-refractivity contribution in [2.75, 3.05) is 13.2 Å². The third kappa shape index (κ3) is 7.02. The summed E-state index contributed by atoms with van der Waals surface area (Å²) >= 11 is 0. The quantitative estimate of drug-likeness (QED) is 0.343. The van der Waals surface area contributed by atoms with Gasteiger partial charge in [-0.2, -0.15) is 5.26 Å². The van der Waals surface area contributed by atoms with Crippen molar-refractivity contribution in [2.24, 2.45) is 16.3 Å². The van der Waals surface area contributed by atoms with Crippen LogP contribution in [0.4, 0.5) is 0 Å². The molecular weight excluding hydrogens is 312 g/mol. The molecule has 0 radical (unpaired) electrons. The number of aliphatic imine (C=N–C) groups is 1. The van der Waals surface area contributed by atoms with E-state index in [1.54, 1.807) is 6.92 Å². The summed E-state index contributed by atoms with van der Waals surface area (Å²) < 4.78 is 5.05. The third-order valence-corrected chi connectivity index (χ3v) is 4.85. The minimum atomic E-state index is -0.494. The lowest BCUT2D eigenvalue weighted by molar-refractivity contribution is -0.138. The molecule has 0 bridgehead atoms. The summed E-state index contributed by atoms with van der Waals surface area (Å²) in [5, 5.41) is 9.44. The minimum Gasteiger partial charge on any atom is -0.462 e. The van der Waals surface area contributed by atoms with Gasteiger partial charge in [0.2, 0.25) is 0 Å². The SMILES string of the molecule is CCCCC(CC)CN=C1CC(=C(C#N)C(=O)OCC)CC(C)(C)C1. The lowest BCUT2D eigenvalue weighted by Gasteiger charge is -2.33. The first-order valence-electron chi connectivity index (χ1n) is 9.68. The predicted molar refractivity (Wildman–Crippen MR) is 103 cm³/mol. The molecule has 0 heterocycles. The number of hydrogen-bond acceptors (Lipinski definition) is 4. The van der Waals surface area contributed by atoms with Crippen molar-refractivity contribution < 1.29 is 9.53 Å². The van der Waals surface area contributed by atoms with Gasteiger partial charge in [-0.1, -0.05) is 47.0 Å². The second kappa shape index (κ2) is 10.4. The molecule has 0 aromatic carbocycles. The fraction of sp³-hybridized carbons (Fsp3) is 0.762. The maximum absolute atomic E-state index is 12.1. The van der Waals surface area contributed by atoms with Gasteiger partial charge in [0, 0.05) is 18.7 Å². The van der Waals surface area contributed by atoms with Gasteiger partial charge in [0.05, 0.1) is 6.61 Å². The number of unbranched alkanes of at least 4 members (excludes halogenated alkanes) is 1. The fourth-order valence-electron chi connectivity index (χ4n) is 3.50. The summed E-state index contributed by atoms with van der Waals surface area (Å²) in [5.74, 6) is 0.136. The van der Waals surface area contributed by atoms with Crippen LogP contribution in [0.5, 0.6) is 0 Å². The highest BCUT2D eigenvalue weighted by Gasteiger charge is 2.31. The maximum Gasteiger partial charge on any atom is 0.348 e. The van der Waals surface area contributed by atoms with Crippen LogP contribution in [0.1, 0.15) is 79.6 Å². The Morgan fingerprint density at radius 1 is 1.32 bits per heavy atom. The lowest BCUT2D eigenvalue weighted by atomic mass is 9.73. The molecule has 4 heteroatoms. The van der Waals surface area contributed by atoms with Gasteiger partial charge in [0.25, 0.3) is 0 Å². The van der Waals surface area contributed by atoms with Crippen molar-refractivity contribution in [3.63, 3.8) is 0 Å². The van der Waals surface area contributed by atoms with Crippen LogP contribution in [-0.4, -0.2) is 24.8 Å². The van der Waals surface area contributed by atoms with Crippen LogP contribution in [0.15, 0.2) is 16.1 Å². The van der Waals surface area contributed by atoms with E-state index >= 15 is 0 Å². The van der Waals surface area contributed by atoms with Gasteiger partial charge in [-0.15, -0.1) is 0 Å². The van der Waals surface area contributed by atoms with Crippen molar-refractivity contribution in [2.45, 2.75) is 79.6 Å². The second-order valence-corrected chi connectivity index (χ2v) is 7.83. The molecule has 0 amide bonds. The molecule has 1 aliphatic carbocycles. The summed E-state index contributed by atoms with van der Waals surface area (Å²) in [7, 11) is 0. The Kier molecular flexibility index (Phi) is 8.89. The summed E-state index contributed by atoms with van der Waals surface area (Å²) in [6.45, 7) is 11.7. The van der Waals surface area contributed by atoms with Crippen LogP contribution in [0, 0.1) is 22.7 Å². The number of carbonyl (C=O) groups is 1. The van der Waals surface area contributed by atoms with Crippen molar-refractivity contribution in [1.29, 1.82) is 5.26 Å². The van der Waals surface area contributed by atoms with Gasteiger partial charge in [-0.05, 0) is 43.1 Å². The Balaban J connectivity index is 2.97. The number of hydrogen-bond donors (Lipinski definition) is 0. The van der Waals surface area contributed by atoms with E-state index in [4.69, 9.17) is 9.73 Å². The van der Waals surface area contributed by atoms with Crippen molar-refractivity contribution >= 4 is 11.7 Å². The maximum atomic E-state index is 12.1. The lowest BCUT2D eigenvalue weighted by Crippen LogP contribution is -2.27. The summed E-state index contributed by atoms with van der Waals surface area (Å²) in [6, 6.07) is 2.07. The van der Waals surface area contributed by atoms with Gasteiger partial charge >= 0.3 is 5.97 Å². The van der Waals surface area contributed by atoms with Gasteiger partial charge in [0.1, 0.15) is 11.6 Å². The van der Waals surface area contributed by atoms with E-state index in [1.807, 2.05) is 0 Å². The molecule has 1 rings (SSSR count). The number of nitrogens with zero attached hydrogens (tertiary/aromatic N) is 2. The van der Waals surface area contributed by atoms with E-state index in [0.717, 1.165) is 37.1 Å². The molecule has 4 nitrogen and oxygen atoms in total. The van der Waals surface area contributed by atoms with Crippen LogP contribution in [0.2, 0.25) is 0 Å². The fourth-order valence-corrected chi connectivity index (χ4v) is 3.50. The number of ether oxygens (including phenoxy) is 1. The van der Waals surface area contributed by atoms with Crippen molar-refractivity contribution in [3.8, 4) is 6.07 Å². The van der Waals surface area contributed by atoms with Crippen LogP contribution < -0.4 is 0 Å². The molecule has 25 heavy (non-hydrogen) atoms. The molecule has 0 N–H and O–H groups in total. The highest BCUT2D eigenvalue weighted by Crippen LogP contribution is 2.38. The molecule has 0 aromatic rings. The van der Waals surface area contributed by atoms with E-state index < -0.39 is 5.97 Å². The highest BCUT2D eigenvalue weighted by molar-refractivity contribution is 5.97. The van der Waals surface area contributed by atoms with E-state index in [9.17, 15) is 10.1 Å². The molecule has 0 aliphatic heterocycles. The highest BCUT2D eigenvalue weighted by atomic mass is 16.5. The molecule has 0 saturated heterocycles. The first-order valence-corrected chi connectivity index (χ1v) is 9.68. The Morgan fingerprint density at radius 2 is 2.04 bits per heavy atom. The summed E-state index contributed by atoms with van der Waals surface area (Å²) in [6.07, 6.45) is 7.16. The Labute approximate surface area is 153 Å². The van der Waals surface area contributed by atoms with E-state index in [-0.39, 0.29) is 17.6 Å². The van der Waals surface area contributed by atoms with E-state index in [0.29, 0.717) is 12.3 Å². The standard InChI is InChI=1S/C21H34N2O2/c1-6-9-10-16(7-2)15-23-18-11-17(12-21(4,5)13-18)19(14-22)20(24)25-8-3/h16H,6-13,15H2,1-5H3. The molecule has 0 spiro atoms. The van der Waals surface area contributed by atoms with Crippen LogP contribution in [0.25, 0.3) is 0 Å². The van der Waals surface area contributed by atoms with Gasteiger partial charge in [-0.25, -0.2) is 4.79 Å². The minimum absolute atomic E-state index is 0.0200. The Morgan fingerprint density at radius 3 is 2.60 bits per heavy atom. The first-order chi connectivity index (χ1) is 11.9. The number of rotatable bonds is 8. The molecule has 140 valence electrons. The average Bonchev–Trinajstić information content (AvgIpc) is 2.54. The largest absolute Gasteiger partial charge is 0.462 e. The summed E-state index contributed by atoms with van der Waals surface area (Å²) in [4.78, 5) is 17.0. The zero-order valence-corrected chi connectivity index (χ0v) is 16.7. The van der Waals surface area contributed by atoms with Gasteiger partial charge in [0.15, 0.2) is 0 Å². The molecule has 1 atom stereocenters. The molecule has 1 unspecified atom stereocenters. The molecular formula is C21H34N2O2. The number of nitriles is 1. The number of carbonyl (C=O) groups excluding carboxylic acids is 1. The Hall–Kier alpha value is -1.63. The average molecular weight is 347 g/mol. The number of esters is 1. The van der Waals surface area contributed by atoms with Crippen LogP contribution >= 0.6 is 0 Å². The second-order valence-electron chi connectivity index (χ2n) is 7.83. The third-order valence-electron chi connectivity index (χ3n) is 4.85. The van der Waals surface area contributed by atoms with Crippen molar-refractivity contribution in [3.05, 3.63) is 11.1 Å². The molecule has 1 fully saturated rings. The smallest absolute Gasteiger partial charge is 0.348 e. The van der Waals surface area contributed by atoms with Crippen LogP contribution in [-0.2, 0) is 9.53 Å². The van der Waals surface area contributed by atoms with Gasteiger partial charge < -0.3 is 4.74 Å². The molecule has 1 aliphatic rings. The predicted octanol–water partition coefficient (Wildman–Crippen LogP) is 5.24. The normalized spacial score (nSPS) is 21.5. The van der Waals surface area contributed by atoms with Crippen molar-refractivity contribution in [1.82, 2.24) is 0 Å². The van der Waals surface area contributed by atoms with Crippen LogP contribution in [0.3, 0.4) is 0 Å². The van der Waals surface area contributed by atoms with E-state index in [2.05, 4.69) is 33.8 Å². The zero-order valence-electron chi connectivity index (χ0n) is 16.7. The van der Waals surface area contributed by atoms with Gasteiger partial charge in [-0.3, -0.25) is 4.99 Å². The zero-order chi connectivity index (χ0) is 18.9.